The number of rotatable bonds is 7. The average Bonchev–Trinajstić information content (AvgIpc) is 2.55. The lowest BCUT2D eigenvalue weighted by Crippen LogP contribution is -2.24. The molecule has 1 aromatic rings. The van der Waals surface area contributed by atoms with Gasteiger partial charge in [-0.15, -0.1) is 0 Å². The van der Waals surface area contributed by atoms with E-state index in [0.29, 0.717) is 0 Å². The van der Waals surface area contributed by atoms with Crippen molar-refractivity contribution in [3.8, 4) is 11.5 Å². The summed E-state index contributed by atoms with van der Waals surface area (Å²) >= 11 is 0. The minimum atomic E-state index is 0.272. The van der Waals surface area contributed by atoms with Crippen molar-refractivity contribution in [1.82, 2.24) is 5.32 Å². The van der Waals surface area contributed by atoms with Gasteiger partial charge < -0.3 is 14.8 Å². The van der Waals surface area contributed by atoms with Crippen LogP contribution in [0.1, 0.15) is 50.6 Å². The number of methoxy groups -OCH3 is 2. The number of hydrogen-bond donors (Lipinski definition) is 1. The van der Waals surface area contributed by atoms with Gasteiger partial charge in [0.05, 0.1) is 20.3 Å². The predicted octanol–water partition coefficient (Wildman–Crippen LogP) is 4.24. The quantitative estimate of drug-likeness (QED) is 0.761. The molecule has 1 aliphatic carbocycles. The van der Waals surface area contributed by atoms with Crippen LogP contribution in [-0.2, 0) is 0 Å². The summed E-state index contributed by atoms with van der Waals surface area (Å²) in [4.78, 5) is 0. The molecule has 0 saturated heterocycles. The van der Waals surface area contributed by atoms with Gasteiger partial charge in [0.2, 0.25) is 0 Å². The van der Waals surface area contributed by atoms with Crippen LogP contribution in [0, 0.1) is 0 Å². The third-order valence-corrected chi connectivity index (χ3v) is 4.00. The van der Waals surface area contributed by atoms with E-state index in [0.717, 1.165) is 24.5 Å². The fraction of sp³-hybridized carbons (Fsp3) is 0.556. The van der Waals surface area contributed by atoms with Crippen molar-refractivity contribution >= 4 is 0 Å². The zero-order valence-electron chi connectivity index (χ0n) is 13.4. The first kappa shape index (κ1) is 15.9. The number of hydrogen-bond acceptors (Lipinski definition) is 3. The fourth-order valence-corrected chi connectivity index (χ4v) is 2.87. The topological polar surface area (TPSA) is 30.5 Å². The Balaban J connectivity index is 2.32. The molecule has 0 bridgehead atoms. The van der Waals surface area contributed by atoms with Gasteiger partial charge in [-0.2, -0.15) is 0 Å². The molecule has 1 N–H and O–H groups in total. The Morgan fingerprint density at radius 1 is 1.10 bits per heavy atom. The van der Waals surface area contributed by atoms with Gasteiger partial charge >= 0.3 is 0 Å². The molecule has 1 unspecified atom stereocenters. The summed E-state index contributed by atoms with van der Waals surface area (Å²) in [5, 5.41) is 3.68. The van der Waals surface area contributed by atoms with Crippen LogP contribution in [0.25, 0.3) is 0 Å². The molecule has 0 heterocycles. The van der Waals surface area contributed by atoms with Gasteiger partial charge in [-0.3, -0.25) is 0 Å². The van der Waals surface area contributed by atoms with E-state index in [9.17, 15) is 0 Å². The van der Waals surface area contributed by atoms with Crippen LogP contribution >= 0.6 is 0 Å². The lowest BCUT2D eigenvalue weighted by Gasteiger charge is -2.25. The first-order chi connectivity index (χ1) is 10.3. The van der Waals surface area contributed by atoms with Crippen molar-refractivity contribution in [1.29, 1.82) is 0 Å². The van der Waals surface area contributed by atoms with E-state index in [2.05, 4.69) is 30.4 Å². The molecule has 0 aromatic heterocycles. The molecule has 116 valence electrons. The number of nitrogens with one attached hydrogen (secondary N) is 1. The normalized spacial score (nSPS) is 16.2. The Morgan fingerprint density at radius 2 is 1.81 bits per heavy atom. The summed E-state index contributed by atoms with van der Waals surface area (Å²) in [6.07, 6.45) is 8.51. The molecule has 2 rings (SSSR count). The van der Waals surface area contributed by atoms with Crippen molar-refractivity contribution in [3.63, 3.8) is 0 Å². The van der Waals surface area contributed by atoms with E-state index in [1.54, 1.807) is 14.2 Å². The van der Waals surface area contributed by atoms with E-state index in [4.69, 9.17) is 9.47 Å². The van der Waals surface area contributed by atoms with Crippen molar-refractivity contribution in [2.45, 2.75) is 45.1 Å². The van der Waals surface area contributed by atoms with Gasteiger partial charge in [-0.05, 0) is 56.3 Å². The molecule has 3 heteroatoms. The van der Waals surface area contributed by atoms with Gasteiger partial charge in [0.25, 0.3) is 0 Å². The molecule has 0 spiro atoms. The summed E-state index contributed by atoms with van der Waals surface area (Å²) < 4.78 is 10.8. The SMILES string of the molecule is CCCNC(C1=CCCCC1)c1cc(OC)cc(OC)c1. The number of ether oxygens (including phenoxy) is 2. The highest BCUT2D eigenvalue weighted by Crippen LogP contribution is 2.34. The zero-order chi connectivity index (χ0) is 15.1. The molecule has 1 aromatic carbocycles. The fourth-order valence-electron chi connectivity index (χ4n) is 2.87. The molecular weight excluding hydrogens is 262 g/mol. The van der Waals surface area contributed by atoms with Crippen molar-refractivity contribution in [2.75, 3.05) is 20.8 Å². The second-order valence-electron chi connectivity index (χ2n) is 5.56. The van der Waals surface area contributed by atoms with Crippen LogP contribution in [0.15, 0.2) is 29.8 Å². The third-order valence-electron chi connectivity index (χ3n) is 4.00. The lowest BCUT2D eigenvalue weighted by atomic mass is 9.89. The number of allylic oxidation sites excluding steroid dienone is 1. The minimum Gasteiger partial charge on any atom is -0.497 e. The first-order valence-electron chi connectivity index (χ1n) is 7.93. The summed E-state index contributed by atoms with van der Waals surface area (Å²) in [6, 6.07) is 6.43. The van der Waals surface area contributed by atoms with Crippen LogP contribution < -0.4 is 14.8 Å². The van der Waals surface area contributed by atoms with Gasteiger partial charge in [-0.25, -0.2) is 0 Å². The highest BCUT2D eigenvalue weighted by atomic mass is 16.5. The van der Waals surface area contributed by atoms with Crippen LogP contribution in [0.4, 0.5) is 0 Å². The van der Waals surface area contributed by atoms with Gasteiger partial charge in [-0.1, -0.05) is 18.6 Å². The Bertz CT molecular complexity index is 460. The Kier molecular flexibility index (Phi) is 6.12. The standard InChI is InChI=1S/C18H27NO2/c1-4-10-19-18(14-8-6-5-7-9-14)15-11-16(20-2)13-17(12-15)21-3/h8,11-13,18-19H,4-7,9-10H2,1-3H3. The summed E-state index contributed by atoms with van der Waals surface area (Å²) in [5.74, 6) is 1.70. The number of benzene rings is 1. The van der Waals surface area contributed by atoms with E-state index in [1.165, 1.54) is 36.8 Å². The monoisotopic (exact) mass is 289 g/mol. The molecule has 0 radical (unpaired) electrons. The van der Waals surface area contributed by atoms with Crippen LogP contribution in [0.5, 0.6) is 11.5 Å². The van der Waals surface area contributed by atoms with Gasteiger partial charge in [0.15, 0.2) is 0 Å². The molecule has 1 aliphatic rings. The molecule has 0 amide bonds. The van der Waals surface area contributed by atoms with Crippen molar-refractivity contribution in [2.24, 2.45) is 0 Å². The Morgan fingerprint density at radius 3 is 2.33 bits per heavy atom. The van der Waals surface area contributed by atoms with E-state index >= 15 is 0 Å². The molecule has 21 heavy (non-hydrogen) atoms. The Hall–Kier alpha value is -1.48. The smallest absolute Gasteiger partial charge is 0.122 e. The predicted molar refractivity (Wildman–Crippen MR) is 87.1 cm³/mol. The molecule has 0 saturated carbocycles. The zero-order valence-corrected chi connectivity index (χ0v) is 13.4. The molecular formula is C18H27NO2. The maximum atomic E-state index is 5.41. The Labute approximate surface area is 128 Å². The highest BCUT2D eigenvalue weighted by molar-refractivity contribution is 5.42. The minimum absolute atomic E-state index is 0.272. The van der Waals surface area contributed by atoms with E-state index in [-0.39, 0.29) is 6.04 Å². The molecule has 1 atom stereocenters. The summed E-state index contributed by atoms with van der Waals surface area (Å²) in [7, 11) is 3.40. The van der Waals surface area contributed by atoms with Crippen molar-refractivity contribution < 1.29 is 9.47 Å². The van der Waals surface area contributed by atoms with Gasteiger partial charge in [0, 0.05) is 6.07 Å². The van der Waals surface area contributed by atoms with Crippen LogP contribution in [-0.4, -0.2) is 20.8 Å². The summed E-state index contributed by atoms with van der Waals surface area (Å²) in [6.45, 7) is 3.22. The van der Waals surface area contributed by atoms with E-state index < -0.39 is 0 Å². The van der Waals surface area contributed by atoms with Gasteiger partial charge in [0.1, 0.15) is 11.5 Å². The molecule has 3 nitrogen and oxygen atoms in total. The maximum Gasteiger partial charge on any atom is 0.122 e. The third kappa shape index (κ3) is 4.24. The molecule has 0 fully saturated rings. The van der Waals surface area contributed by atoms with E-state index in [1.807, 2.05) is 6.07 Å². The second kappa shape index (κ2) is 8.08. The largest absolute Gasteiger partial charge is 0.497 e. The van der Waals surface area contributed by atoms with Crippen molar-refractivity contribution in [3.05, 3.63) is 35.4 Å². The first-order valence-corrected chi connectivity index (χ1v) is 7.93. The second-order valence-corrected chi connectivity index (χ2v) is 5.56. The average molecular weight is 289 g/mol. The molecule has 0 aliphatic heterocycles. The lowest BCUT2D eigenvalue weighted by molar-refractivity contribution is 0.392. The highest BCUT2D eigenvalue weighted by Gasteiger charge is 2.19. The van der Waals surface area contributed by atoms with Crippen LogP contribution in [0.3, 0.4) is 0 Å². The summed E-state index contributed by atoms with van der Waals surface area (Å²) in [5.41, 5.74) is 2.73. The van der Waals surface area contributed by atoms with Crippen LogP contribution in [0.2, 0.25) is 0 Å². The maximum absolute atomic E-state index is 5.41.